The standard InChI is InChI=1S/C27H25ClF3NO2S/c1-17-12-20-11-10-19(13-18(2)26-23(28)8-5-9-24(26)29)14-25(20)32(16-17)35(33,34)22-7-4-6-21(15-22)27(3,30)31/h4-11,13-15,17H,12,16H2,1-3H3/b18-13+/t17-/m1/s1. The number of halogens is 4. The topological polar surface area (TPSA) is 37.4 Å². The van der Waals surface area contributed by atoms with Crippen LogP contribution < -0.4 is 4.31 Å². The Morgan fingerprint density at radius 2 is 1.83 bits per heavy atom. The van der Waals surface area contributed by atoms with Gasteiger partial charge in [0.25, 0.3) is 15.9 Å². The van der Waals surface area contributed by atoms with Crippen LogP contribution in [0.1, 0.15) is 43.0 Å². The molecule has 184 valence electrons. The molecule has 1 aliphatic heterocycles. The number of hydrogen-bond donors (Lipinski definition) is 0. The minimum Gasteiger partial charge on any atom is -0.266 e. The number of anilines is 1. The van der Waals surface area contributed by atoms with Gasteiger partial charge in [-0.15, -0.1) is 0 Å². The number of nitrogens with zero attached hydrogens (tertiary/aromatic N) is 1. The summed E-state index contributed by atoms with van der Waals surface area (Å²) in [6.45, 7) is 4.63. The van der Waals surface area contributed by atoms with Crippen molar-refractivity contribution >= 4 is 39.0 Å². The van der Waals surface area contributed by atoms with E-state index in [1.165, 1.54) is 34.6 Å². The quantitative estimate of drug-likeness (QED) is 0.326. The second kappa shape index (κ2) is 9.36. The summed E-state index contributed by atoms with van der Waals surface area (Å²) in [6, 6.07) is 14.8. The Balaban J connectivity index is 1.79. The predicted octanol–water partition coefficient (Wildman–Crippen LogP) is 7.54. The number of allylic oxidation sites excluding steroid dienone is 1. The van der Waals surface area contributed by atoms with E-state index in [4.69, 9.17) is 11.6 Å². The molecule has 8 heteroatoms. The number of alkyl halides is 2. The minimum atomic E-state index is -4.10. The van der Waals surface area contributed by atoms with E-state index in [1.807, 2.05) is 19.1 Å². The molecule has 0 aromatic heterocycles. The van der Waals surface area contributed by atoms with Crippen molar-refractivity contribution in [3.05, 3.63) is 93.8 Å². The van der Waals surface area contributed by atoms with Crippen LogP contribution in [0.2, 0.25) is 5.02 Å². The van der Waals surface area contributed by atoms with Gasteiger partial charge in [-0.1, -0.05) is 54.9 Å². The molecule has 35 heavy (non-hydrogen) atoms. The van der Waals surface area contributed by atoms with Crippen LogP contribution in [0.3, 0.4) is 0 Å². The van der Waals surface area contributed by atoms with E-state index in [0.717, 1.165) is 18.6 Å². The summed E-state index contributed by atoms with van der Waals surface area (Å²) < 4.78 is 70.7. The van der Waals surface area contributed by atoms with Gasteiger partial charge in [0.1, 0.15) is 5.82 Å². The maximum absolute atomic E-state index is 14.4. The first-order valence-corrected chi connectivity index (χ1v) is 13.0. The van der Waals surface area contributed by atoms with Gasteiger partial charge in [-0.2, -0.15) is 0 Å². The van der Waals surface area contributed by atoms with Gasteiger partial charge < -0.3 is 0 Å². The Kier molecular flexibility index (Phi) is 6.77. The summed E-state index contributed by atoms with van der Waals surface area (Å²) in [5.74, 6) is -3.58. The molecule has 1 heterocycles. The zero-order valence-electron chi connectivity index (χ0n) is 19.5. The molecule has 0 fully saturated rings. The van der Waals surface area contributed by atoms with Gasteiger partial charge in [0.05, 0.1) is 15.6 Å². The molecule has 1 aliphatic rings. The summed E-state index contributed by atoms with van der Waals surface area (Å²) in [5, 5.41) is 0.280. The highest BCUT2D eigenvalue weighted by Gasteiger charge is 2.33. The minimum absolute atomic E-state index is 0.0356. The van der Waals surface area contributed by atoms with Crippen molar-refractivity contribution in [1.82, 2.24) is 0 Å². The summed E-state index contributed by atoms with van der Waals surface area (Å²) in [5.41, 5.74) is 2.50. The van der Waals surface area contributed by atoms with Gasteiger partial charge in [0.15, 0.2) is 0 Å². The first-order chi connectivity index (χ1) is 16.4. The molecule has 3 aromatic carbocycles. The van der Waals surface area contributed by atoms with Gasteiger partial charge in [-0.3, -0.25) is 4.31 Å². The van der Waals surface area contributed by atoms with Crippen molar-refractivity contribution in [2.75, 3.05) is 10.8 Å². The first kappa shape index (κ1) is 25.3. The first-order valence-electron chi connectivity index (χ1n) is 11.1. The van der Waals surface area contributed by atoms with Gasteiger partial charge in [-0.25, -0.2) is 21.6 Å². The number of sulfonamides is 1. The van der Waals surface area contributed by atoms with Crippen LogP contribution >= 0.6 is 11.6 Å². The highest BCUT2D eigenvalue weighted by molar-refractivity contribution is 7.92. The lowest BCUT2D eigenvalue weighted by Crippen LogP contribution is -2.39. The van der Waals surface area contributed by atoms with Crippen molar-refractivity contribution in [3.63, 3.8) is 0 Å². The molecular weight excluding hydrogens is 495 g/mol. The highest BCUT2D eigenvalue weighted by atomic mass is 35.5. The lowest BCUT2D eigenvalue weighted by molar-refractivity contribution is 0.0172. The summed E-state index contributed by atoms with van der Waals surface area (Å²) >= 11 is 6.20. The second-order valence-corrected chi connectivity index (χ2v) is 11.3. The molecule has 0 bridgehead atoms. The molecule has 3 aromatic rings. The Hall–Kier alpha value is -2.77. The summed E-state index contributed by atoms with van der Waals surface area (Å²) in [7, 11) is -4.10. The van der Waals surface area contributed by atoms with E-state index in [2.05, 4.69) is 0 Å². The van der Waals surface area contributed by atoms with Crippen LogP contribution in [0.5, 0.6) is 0 Å². The zero-order valence-corrected chi connectivity index (χ0v) is 21.1. The fraction of sp³-hybridized carbons (Fsp3) is 0.259. The number of hydrogen-bond acceptors (Lipinski definition) is 2. The molecular formula is C27H25ClF3NO2S. The predicted molar refractivity (Wildman–Crippen MR) is 135 cm³/mol. The summed E-state index contributed by atoms with van der Waals surface area (Å²) in [6.07, 6.45) is 2.42. The Morgan fingerprint density at radius 1 is 1.11 bits per heavy atom. The average molecular weight is 520 g/mol. The van der Waals surface area contributed by atoms with Gasteiger partial charge in [0.2, 0.25) is 0 Å². The molecule has 0 unspecified atom stereocenters. The maximum Gasteiger partial charge on any atom is 0.270 e. The van der Waals surface area contributed by atoms with Gasteiger partial charge >= 0.3 is 0 Å². The zero-order chi connectivity index (χ0) is 25.5. The fourth-order valence-electron chi connectivity index (χ4n) is 4.38. The third-order valence-electron chi connectivity index (χ3n) is 6.09. The van der Waals surface area contributed by atoms with Crippen molar-refractivity contribution < 1.29 is 21.6 Å². The SMILES string of the molecule is C/C(=C\c1ccc2c(c1)N(S(=O)(=O)c1cccc(C(C)(F)F)c1)C[C@H](C)C2)c1c(F)cccc1Cl. The fourth-order valence-corrected chi connectivity index (χ4v) is 6.35. The number of benzene rings is 3. The van der Waals surface area contributed by atoms with Crippen molar-refractivity contribution in [2.24, 2.45) is 5.92 Å². The largest absolute Gasteiger partial charge is 0.270 e. The van der Waals surface area contributed by atoms with Gasteiger partial charge in [-0.05, 0) is 66.3 Å². The average Bonchev–Trinajstić information content (AvgIpc) is 2.78. The maximum atomic E-state index is 14.4. The van der Waals surface area contributed by atoms with E-state index in [0.29, 0.717) is 23.2 Å². The molecule has 0 spiro atoms. The van der Waals surface area contributed by atoms with Crippen molar-refractivity contribution in [1.29, 1.82) is 0 Å². The number of fused-ring (bicyclic) bond motifs is 1. The van der Waals surface area contributed by atoms with Crippen LogP contribution in [-0.2, 0) is 22.4 Å². The van der Waals surface area contributed by atoms with E-state index in [9.17, 15) is 21.6 Å². The van der Waals surface area contributed by atoms with Crippen LogP contribution in [0.15, 0.2) is 65.6 Å². The molecule has 0 saturated carbocycles. The molecule has 0 N–H and O–H groups in total. The molecule has 3 nitrogen and oxygen atoms in total. The molecule has 0 radical (unpaired) electrons. The lowest BCUT2D eigenvalue weighted by Gasteiger charge is -2.34. The third-order valence-corrected chi connectivity index (χ3v) is 8.18. The Morgan fingerprint density at radius 3 is 2.51 bits per heavy atom. The van der Waals surface area contributed by atoms with Gasteiger partial charge in [0, 0.05) is 24.6 Å². The van der Waals surface area contributed by atoms with E-state index < -0.39 is 21.8 Å². The van der Waals surface area contributed by atoms with Crippen molar-refractivity contribution in [3.8, 4) is 0 Å². The lowest BCUT2D eigenvalue weighted by atomic mass is 9.93. The Bertz CT molecular complexity index is 1390. The third kappa shape index (κ3) is 5.11. The second-order valence-electron chi connectivity index (χ2n) is 9.07. The van der Waals surface area contributed by atoms with E-state index in [-0.39, 0.29) is 33.5 Å². The highest BCUT2D eigenvalue weighted by Crippen LogP contribution is 2.37. The normalized spacial score (nSPS) is 16.8. The molecule has 1 atom stereocenters. The van der Waals surface area contributed by atoms with Crippen molar-refractivity contribution in [2.45, 2.75) is 38.0 Å². The smallest absolute Gasteiger partial charge is 0.266 e. The molecule has 0 saturated heterocycles. The van der Waals surface area contributed by atoms with E-state index in [1.54, 1.807) is 25.1 Å². The molecule has 0 aliphatic carbocycles. The molecule has 4 rings (SSSR count). The van der Waals surface area contributed by atoms with Crippen LogP contribution in [0, 0.1) is 11.7 Å². The monoisotopic (exact) mass is 519 g/mol. The summed E-state index contributed by atoms with van der Waals surface area (Å²) in [4.78, 5) is -0.188. The van der Waals surface area contributed by atoms with Crippen LogP contribution in [0.4, 0.5) is 18.9 Å². The van der Waals surface area contributed by atoms with Crippen LogP contribution in [0.25, 0.3) is 11.6 Å². The van der Waals surface area contributed by atoms with Crippen LogP contribution in [-0.4, -0.2) is 15.0 Å². The Labute approximate surface area is 208 Å². The number of rotatable bonds is 5. The van der Waals surface area contributed by atoms with E-state index >= 15 is 0 Å². The molecule has 0 amide bonds.